The van der Waals surface area contributed by atoms with Crippen molar-refractivity contribution in [3.63, 3.8) is 0 Å². The Bertz CT molecular complexity index is 366. The van der Waals surface area contributed by atoms with Crippen molar-refractivity contribution in [1.82, 2.24) is 14.8 Å². The molecule has 1 aliphatic rings. The fourth-order valence-electron chi connectivity index (χ4n) is 2.17. The van der Waals surface area contributed by atoms with Crippen LogP contribution in [-0.2, 0) is 10.2 Å². The van der Waals surface area contributed by atoms with Gasteiger partial charge in [-0.2, -0.15) is 26.3 Å². The van der Waals surface area contributed by atoms with Gasteiger partial charge in [-0.1, -0.05) is 25.7 Å². The van der Waals surface area contributed by atoms with E-state index in [2.05, 4.69) is 10.0 Å². The molecule has 120 valence electrons. The van der Waals surface area contributed by atoms with Crippen LogP contribution in [0.15, 0.2) is 0 Å². The minimum atomic E-state index is -4.55. The summed E-state index contributed by atoms with van der Waals surface area (Å²) in [6.45, 7) is -1.07. The van der Waals surface area contributed by atoms with E-state index >= 15 is 0 Å². The molecule has 0 aliphatic heterocycles. The lowest BCUT2D eigenvalue weighted by molar-refractivity contribution is -0.121. The van der Waals surface area contributed by atoms with Crippen LogP contribution in [0, 0.1) is 0 Å². The van der Waals surface area contributed by atoms with Crippen LogP contribution in [0.5, 0.6) is 0 Å². The van der Waals surface area contributed by atoms with Crippen molar-refractivity contribution < 1.29 is 21.6 Å². The molecule has 0 atom stereocenters. The molecular formula is C11H22F3N3O2S. The Morgan fingerprint density at radius 3 is 2.10 bits per heavy atom. The number of alkyl halides is 3. The van der Waals surface area contributed by atoms with Crippen molar-refractivity contribution in [2.75, 3.05) is 19.6 Å². The van der Waals surface area contributed by atoms with Crippen LogP contribution in [0.4, 0.5) is 13.2 Å². The van der Waals surface area contributed by atoms with Crippen LogP contribution in [-0.4, -0.2) is 40.3 Å². The third-order valence-electron chi connectivity index (χ3n) is 3.17. The van der Waals surface area contributed by atoms with E-state index in [0.29, 0.717) is 12.6 Å². The highest BCUT2D eigenvalue weighted by Gasteiger charge is 2.29. The van der Waals surface area contributed by atoms with Gasteiger partial charge >= 0.3 is 6.18 Å². The van der Waals surface area contributed by atoms with Gasteiger partial charge in [0, 0.05) is 19.1 Å². The predicted octanol–water partition coefficient (Wildman–Crippen LogP) is 1.29. The Kier molecular flexibility index (Phi) is 7.21. The maximum Gasteiger partial charge on any atom is 0.402 e. The van der Waals surface area contributed by atoms with Crippen molar-refractivity contribution in [2.45, 2.75) is 50.7 Å². The van der Waals surface area contributed by atoms with Crippen molar-refractivity contribution in [1.29, 1.82) is 0 Å². The number of halogens is 3. The molecule has 1 saturated carbocycles. The van der Waals surface area contributed by atoms with Gasteiger partial charge in [0.2, 0.25) is 0 Å². The summed E-state index contributed by atoms with van der Waals surface area (Å²) >= 11 is 0. The van der Waals surface area contributed by atoms with E-state index in [9.17, 15) is 21.6 Å². The topological polar surface area (TPSA) is 70.2 Å². The zero-order valence-corrected chi connectivity index (χ0v) is 12.1. The second-order valence-corrected chi connectivity index (χ2v) is 6.56. The average molecular weight is 317 g/mol. The molecule has 0 saturated heterocycles. The summed E-state index contributed by atoms with van der Waals surface area (Å²) in [5, 5.41) is 3.23. The Labute approximate surface area is 117 Å². The Morgan fingerprint density at radius 2 is 1.55 bits per heavy atom. The molecule has 0 spiro atoms. The molecule has 0 heterocycles. The van der Waals surface area contributed by atoms with Crippen molar-refractivity contribution in [3.05, 3.63) is 0 Å². The first-order valence-electron chi connectivity index (χ1n) is 6.83. The molecule has 1 rings (SSSR count). The zero-order valence-electron chi connectivity index (χ0n) is 11.3. The SMILES string of the molecule is O=S(=O)(NCCNC1CCCCCC1)NCC(F)(F)F. The van der Waals surface area contributed by atoms with Crippen molar-refractivity contribution >= 4 is 10.2 Å². The number of rotatable bonds is 7. The van der Waals surface area contributed by atoms with Gasteiger partial charge in [-0.15, -0.1) is 0 Å². The summed E-state index contributed by atoms with van der Waals surface area (Å²) in [4.78, 5) is 0. The molecule has 1 aliphatic carbocycles. The fraction of sp³-hybridized carbons (Fsp3) is 1.00. The first-order valence-corrected chi connectivity index (χ1v) is 8.31. The third kappa shape index (κ3) is 8.72. The standard InChI is InChI=1S/C11H22F3N3O2S/c12-11(13,14)9-17-20(18,19)16-8-7-15-10-5-3-1-2-4-6-10/h10,15-17H,1-9H2. The number of hydrogen-bond donors (Lipinski definition) is 3. The van der Waals surface area contributed by atoms with Crippen molar-refractivity contribution in [2.24, 2.45) is 0 Å². The molecule has 20 heavy (non-hydrogen) atoms. The van der Waals surface area contributed by atoms with Gasteiger partial charge in [0.05, 0.1) is 0 Å². The lowest BCUT2D eigenvalue weighted by Gasteiger charge is -2.16. The van der Waals surface area contributed by atoms with E-state index < -0.39 is 22.9 Å². The summed E-state index contributed by atoms with van der Waals surface area (Å²) in [6.07, 6.45) is 2.37. The molecule has 3 N–H and O–H groups in total. The van der Waals surface area contributed by atoms with Gasteiger partial charge in [0.25, 0.3) is 10.2 Å². The maximum absolute atomic E-state index is 11.9. The molecule has 0 bridgehead atoms. The summed E-state index contributed by atoms with van der Waals surface area (Å²) in [7, 11) is -4.08. The van der Waals surface area contributed by atoms with E-state index in [-0.39, 0.29) is 6.54 Å². The highest BCUT2D eigenvalue weighted by molar-refractivity contribution is 7.87. The number of hydrogen-bond acceptors (Lipinski definition) is 3. The van der Waals surface area contributed by atoms with E-state index in [1.165, 1.54) is 17.6 Å². The van der Waals surface area contributed by atoms with Gasteiger partial charge in [-0.25, -0.2) is 4.72 Å². The van der Waals surface area contributed by atoms with E-state index in [1.807, 2.05) is 0 Å². The Morgan fingerprint density at radius 1 is 0.950 bits per heavy atom. The summed E-state index contributed by atoms with van der Waals surface area (Å²) in [5.74, 6) is 0. The quantitative estimate of drug-likeness (QED) is 0.489. The fourth-order valence-corrected chi connectivity index (χ4v) is 3.00. The molecular weight excluding hydrogens is 295 g/mol. The summed E-state index contributed by atoms with van der Waals surface area (Å²) < 4.78 is 61.7. The molecule has 0 aromatic rings. The molecule has 0 radical (unpaired) electrons. The molecule has 1 fully saturated rings. The lowest BCUT2D eigenvalue weighted by Crippen LogP contribution is -2.44. The monoisotopic (exact) mass is 317 g/mol. The van der Waals surface area contributed by atoms with Gasteiger partial charge in [-0.3, -0.25) is 0 Å². The Hall–Kier alpha value is -0.380. The number of nitrogens with one attached hydrogen (secondary N) is 3. The molecule has 0 aromatic carbocycles. The van der Waals surface area contributed by atoms with Crippen LogP contribution < -0.4 is 14.8 Å². The van der Waals surface area contributed by atoms with E-state index in [1.54, 1.807) is 0 Å². The predicted molar refractivity (Wildman–Crippen MR) is 70.5 cm³/mol. The van der Waals surface area contributed by atoms with Gasteiger partial charge in [0.15, 0.2) is 0 Å². The minimum absolute atomic E-state index is 0.0731. The first-order chi connectivity index (χ1) is 9.29. The van der Waals surface area contributed by atoms with Gasteiger partial charge in [0.1, 0.15) is 6.54 Å². The second-order valence-electron chi connectivity index (χ2n) is 4.98. The summed E-state index contributed by atoms with van der Waals surface area (Å²) in [5.41, 5.74) is 0. The second kappa shape index (κ2) is 8.16. The van der Waals surface area contributed by atoms with Crippen LogP contribution in [0.3, 0.4) is 0 Å². The Balaban J connectivity index is 2.15. The van der Waals surface area contributed by atoms with Crippen LogP contribution in [0.1, 0.15) is 38.5 Å². The first kappa shape index (κ1) is 17.7. The van der Waals surface area contributed by atoms with E-state index in [4.69, 9.17) is 0 Å². The zero-order chi connectivity index (χ0) is 15.1. The van der Waals surface area contributed by atoms with Crippen LogP contribution in [0.25, 0.3) is 0 Å². The van der Waals surface area contributed by atoms with Crippen LogP contribution in [0.2, 0.25) is 0 Å². The van der Waals surface area contributed by atoms with Gasteiger partial charge in [-0.05, 0) is 12.8 Å². The molecule has 5 nitrogen and oxygen atoms in total. The minimum Gasteiger partial charge on any atom is -0.313 e. The molecule has 0 amide bonds. The molecule has 0 aromatic heterocycles. The highest BCUT2D eigenvalue weighted by Crippen LogP contribution is 2.16. The average Bonchev–Trinajstić information content (AvgIpc) is 2.60. The largest absolute Gasteiger partial charge is 0.402 e. The smallest absolute Gasteiger partial charge is 0.313 e. The molecule has 9 heteroatoms. The normalized spacial score (nSPS) is 18.9. The third-order valence-corrected chi connectivity index (χ3v) is 4.28. The van der Waals surface area contributed by atoms with E-state index in [0.717, 1.165) is 25.7 Å². The molecule has 0 unspecified atom stereocenters. The summed E-state index contributed by atoms with van der Waals surface area (Å²) in [6, 6.07) is 0.380. The highest BCUT2D eigenvalue weighted by atomic mass is 32.2. The van der Waals surface area contributed by atoms with Gasteiger partial charge < -0.3 is 5.32 Å². The van der Waals surface area contributed by atoms with Crippen LogP contribution >= 0.6 is 0 Å². The van der Waals surface area contributed by atoms with Crippen molar-refractivity contribution in [3.8, 4) is 0 Å². The maximum atomic E-state index is 11.9. The lowest BCUT2D eigenvalue weighted by atomic mass is 10.1.